The van der Waals surface area contributed by atoms with Gasteiger partial charge in [-0.25, -0.2) is 4.98 Å². The number of rotatable bonds is 5. The van der Waals surface area contributed by atoms with Crippen LogP contribution < -0.4 is 15.1 Å². The van der Waals surface area contributed by atoms with E-state index in [9.17, 15) is 23.1 Å². The molecule has 0 bridgehead atoms. The minimum atomic E-state index is -4.70. The first-order valence-corrected chi connectivity index (χ1v) is 11.9. The molecule has 2 fully saturated rings. The zero-order valence-corrected chi connectivity index (χ0v) is 20.1. The van der Waals surface area contributed by atoms with Crippen LogP contribution in [-0.4, -0.2) is 66.5 Å². The molecule has 11 heteroatoms. The van der Waals surface area contributed by atoms with Gasteiger partial charge in [0.2, 0.25) is 5.95 Å². The summed E-state index contributed by atoms with van der Waals surface area (Å²) in [6.45, 7) is 3.92. The number of ether oxygens (including phenoxy) is 1. The zero-order valence-electron chi connectivity index (χ0n) is 20.1. The molecule has 1 amide bonds. The molecule has 3 aromatic rings. The molecule has 5 rings (SSSR count). The van der Waals surface area contributed by atoms with Crippen LogP contribution in [-0.2, 0) is 10.9 Å². The summed E-state index contributed by atoms with van der Waals surface area (Å²) in [6.07, 6.45) is -5.26. The van der Waals surface area contributed by atoms with Crippen molar-refractivity contribution in [3.63, 3.8) is 0 Å². The number of aliphatic hydroxyl groups excluding tert-OH is 1. The van der Waals surface area contributed by atoms with Crippen molar-refractivity contribution < 1.29 is 27.8 Å². The van der Waals surface area contributed by atoms with Crippen molar-refractivity contribution in [1.82, 2.24) is 9.97 Å². The van der Waals surface area contributed by atoms with E-state index in [1.807, 2.05) is 4.90 Å². The number of aryl methyl sites for hydroxylation is 1. The Morgan fingerprint density at radius 2 is 1.76 bits per heavy atom. The van der Waals surface area contributed by atoms with Crippen LogP contribution in [0.3, 0.4) is 0 Å². The van der Waals surface area contributed by atoms with E-state index in [4.69, 9.17) is 4.74 Å². The van der Waals surface area contributed by atoms with Gasteiger partial charge in [0.25, 0.3) is 5.91 Å². The second kappa shape index (κ2) is 9.98. The van der Waals surface area contributed by atoms with Crippen LogP contribution in [0.1, 0.15) is 21.5 Å². The molecule has 0 spiro atoms. The summed E-state index contributed by atoms with van der Waals surface area (Å²) in [7, 11) is 0. The second-order valence-electron chi connectivity index (χ2n) is 9.07. The molecular formula is C26H26F3N5O3. The molecule has 0 radical (unpaired) electrons. The quantitative estimate of drug-likeness (QED) is 0.537. The number of aromatic nitrogens is 2. The Balaban J connectivity index is 1.67. The van der Waals surface area contributed by atoms with Gasteiger partial charge in [0, 0.05) is 43.4 Å². The average Bonchev–Trinajstić information content (AvgIpc) is 2.87. The summed E-state index contributed by atoms with van der Waals surface area (Å²) in [6, 6.07) is 12.6. The van der Waals surface area contributed by atoms with E-state index in [1.54, 1.807) is 35.2 Å². The van der Waals surface area contributed by atoms with Crippen molar-refractivity contribution in [2.24, 2.45) is 0 Å². The van der Waals surface area contributed by atoms with Crippen LogP contribution in [0.2, 0.25) is 0 Å². The molecule has 194 valence electrons. The Morgan fingerprint density at radius 1 is 1.05 bits per heavy atom. The Morgan fingerprint density at radius 3 is 2.41 bits per heavy atom. The van der Waals surface area contributed by atoms with Gasteiger partial charge in [0.05, 0.1) is 36.3 Å². The number of benzene rings is 2. The highest BCUT2D eigenvalue weighted by Crippen LogP contribution is 2.44. The standard InChI is InChI=1S/C26H26F3N5O3/c1-16-7-8-19(30-24(36)17-5-3-2-4-6-17)22(23(16)26(27,28)29)20-13-21(33-9-11-37-12-10-33)32-25(31-20)34-14-18(35)15-34/h2-8,13,18,35H,9-12,14-15H2,1H3,(H,30,36). The summed E-state index contributed by atoms with van der Waals surface area (Å²) in [5, 5.41) is 12.5. The molecule has 37 heavy (non-hydrogen) atoms. The van der Waals surface area contributed by atoms with Gasteiger partial charge in [-0.2, -0.15) is 18.2 Å². The van der Waals surface area contributed by atoms with Crippen molar-refractivity contribution in [2.75, 3.05) is 54.5 Å². The molecule has 3 heterocycles. The number of carbonyl (C=O) groups excluding carboxylic acids is 1. The topological polar surface area (TPSA) is 90.8 Å². The normalized spacial score (nSPS) is 16.5. The molecule has 0 atom stereocenters. The summed E-state index contributed by atoms with van der Waals surface area (Å²) in [4.78, 5) is 25.7. The number of aliphatic hydroxyl groups is 1. The summed E-state index contributed by atoms with van der Waals surface area (Å²) >= 11 is 0. The third-order valence-electron chi connectivity index (χ3n) is 6.42. The Labute approximate surface area is 211 Å². The summed E-state index contributed by atoms with van der Waals surface area (Å²) < 4.78 is 48.8. The molecular weight excluding hydrogens is 487 g/mol. The molecule has 1 aromatic heterocycles. The average molecular weight is 514 g/mol. The van der Waals surface area contributed by atoms with Gasteiger partial charge < -0.3 is 25.0 Å². The van der Waals surface area contributed by atoms with Gasteiger partial charge in [-0.1, -0.05) is 24.3 Å². The number of alkyl halides is 3. The van der Waals surface area contributed by atoms with E-state index in [0.717, 1.165) is 0 Å². The smallest absolute Gasteiger partial charge is 0.389 e. The molecule has 2 aliphatic rings. The number of hydrogen-bond donors (Lipinski definition) is 2. The molecule has 0 unspecified atom stereocenters. The Kier molecular flexibility index (Phi) is 6.74. The van der Waals surface area contributed by atoms with Crippen molar-refractivity contribution in [3.8, 4) is 11.3 Å². The molecule has 2 saturated heterocycles. The number of β-amino-alcohol motifs (C(OH)–C–C–N with tert-alkyl or cyclic N) is 1. The first kappa shape index (κ1) is 25.0. The SMILES string of the molecule is Cc1ccc(NC(=O)c2ccccc2)c(-c2cc(N3CCOCC3)nc(N3CC(O)C3)n2)c1C(F)(F)F. The lowest BCUT2D eigenvalue weighted by Gasteiger charge is -2.37. The highest BCUT2D eigenvalue weighted by Gasteiger charge is 2.38. The molecule has 2 aliphatic heterocycles. The first-order chi connectivity index (χ1) is 17.7. The first-order valence-electron chi connectivity index (χ1n) is 11.9. The van der Waals surface area contributed by atoms with Crippen LogP contribution in [0.15, 0.2) is 48.5 Å². The molecule has 0 saturated carbocycles. The van der Waals surface area contributed by atoms with Crippen molar-refractivity contribution in [3.05, 3.63) is 65.2 Å². The van der Waals surface area contributed by atoms with Crippen LogP contribution in [0.5, 0.6) is 0 Å². The number of anilines is 3. The van der Waals surface area contributed by atoms with Crippen molar-refractivity contribution in [1.29, 1.82) is 0 Å². The van der Waals surface area contributed by atoms with E-state index < -0.39 is 23.8 Å². The van der Waals surface area contributed by atoms with Gasteiger partial charge >= 0.3 is 6.18 Å². The van der Waals surface area contributed by atoms with Crippen molar-refractivity contribution in [2.45, 2.75) is 19.2 Å². The Hall–Kier alpha value is -3.70. The number of amides is 1. The number of halogens is 3. The predicted octanol–water partition coefficient (Wildman–Crippen LogP) is 3.74. The van der Waals surface area contributed by atoms with E-state index in [2.05, 4.69) is 15.3 Å². The highest BCUT2D eigenvalue weighted by atomic mass is 19.4. The zero-order chi connectivity index (χ0) is 26.2. The lowest BCUT2D eigenvalue weighted by atomic mass is 9.96. The van der Waals surface area contributed by atoms with Gasteiger partial charge in [-0.3, -0.25) is 4.79 Å². The largest absolute Gasteiger partial charge is 0.417 e. The van der Waals surface area contributed by atoms with Crippen molar-refractivity contribution >= 4 is 23.4 Å². The van der Waals surface area contributed by atoms with Crippen LogP contribution in [0, 0.1) is 6.92 Å². The maximum Gasteiger partial charge on any atom is 0.417 e. The van der Waals surface area contributed by atoms with Gasteiger partial charge in [0.15, 0.2) is 0 Å². The van der Waals surface area contributed by atoms with Crippen LogP contribution in [0.4, 0.5) is 30.6 Å². The maximum atomic E-state index is 14.5. The fourth-order valence-electron chi connectivity index (χ4n) is 4.49. The monoisotopic (exact) mass is 513 g/mol. The number of nitrogens with one attached hydrogen (secondary N) is 1. The third kappa shape index (κ3) is 5.23. The van der Waals surface area contributed by atoms with Gasteiger partial charge in [0.1, 0.15) is 5.82 Å². The van der Waals surface area contributed by atoms with E-state index in [-0.39, 0.29) is 41.5 Å². The van der Waals surface area contributed by atoms with E-state index in [0.29, 0.717) is 37.7 Å². The van der Waals surface area contributed by atoms with Crippen LogP contribution >= 0.6 is 0 Å². The van der Waals surface area contributed by atoms with Gasteiger partial charge in [-0.15, -0.1) is 0 Å². The number of morpholine rings is 1. The van der Waals surface area contributed by atoms with E-state index in [1.165, 1.54) is 25.1 Å². The molecule has 8 nitrogen and oxygen atoms in total. The molecule has 2 N–H and O–H groups in total. The second-order valence-corrected chi connectivity index (χ2v) is 9.07. The third-order valence-corrected chi connectivity index (χ3v) is 6.42. The maximum absolute atomic E-state index is 14.5. The molecule has 2 aromatic carbocycles. The van der Waals surface area contributed by atoms with Gasteiger partial charge in [-0.05, 0) is 30.7 Å². The summed E-state index contributed by atoms with van der Waals surface area (Å²) in [5.41, 5.74) is -0.752. The predicted molar refractivity (Wildman–Crippen MR) is 133 cm³/mol. The Bertz CT molecular complexity index is 1290. The number of carbonyl (C=O) groups is 1. The number of hydrogen-bond acceptors (Lipinski definition) is 7. The fourth-order valence-corrected chi connectivity index (χ4v) is 4.49. The minimum absolute atomic E-state index is 0.00648. The minimum Gasteiger partial charge on any atom is -0.389 e. The van der Waals surface area contributed by atoms with E-state index >= 15 is 0 Å². The lowest BCUT2D eigenvalue weighted by Crippen LogP contribution is -2.51. The molecule has 0 aliphatic carbocycles. The summed E-state index contributed by atoms with van der Waals surface area (Å²) in [5.74, 6) is 0.145. The lowest BCUT2D eigenvalue weighted by molar-refractivity contribution is -0.137. The fraction of sp³-hybridized carbons (Fsp3) is 0.346. The number of nitrogens with zero attached hydrogens (tertiary/aromatic N) is 4. The van der Waals surface area contributed by atoms with Crippen LogP contribution in [0.25, 0.3) is 11.3 Å². The highest BCUT2D eigenvalue weighted by molar-refractivity contribution is 6.06.